The highest BCUT2D eigenvalue weighted by atomic mass is 16.5. The van der Waals surface area contributed by atoms with E-state index in [2.05, 4.69) is 13.2 Å². The quantitative estimate of drug-likeness (QED) is 0.339. The summed E-state index contributed by atoms with van der Waals surface area (Å²) in [6.07, 6.45) is 8.42. The van der Waals surface area contributed by atoms with Crippen molar-refractivity contribution >= 4 is 5.97 Å². The fourth-order valence-electron chi connectivity index (χ4n) is 1.38. The first-order valence-electron chi connectivity index (χ1n) is 5.05. The molecule has 2 nitrogen and oxygen atoms in total. The van der Waals surface area contributed by atoms with Gasteiger partial charge in [-0.1, -0.05) is 18.6 Å². The summed E-state index contributed by atoms with van der Waals surface area (Å²) < 4.78 is 4.72. The van der Waals surface area contributed by atoms with E-state index < -0.39 is 0 Å². The molecule has 0 amide bonds. The Morgan fingerprint density at radius 2 is 2.07 bits per heavy atom. The van der Waals surface area contributed by atoms with Crippen LogP contribution in [0.3, 0.4) is 0 Å². The van der Waals surface area contributed by atoms with E-state index in [4.69, 9.17) is 4.74 Å². The molecular weight excluding hydrogens is 176 g/mol. The molecule has 1 unspecified atom stereocenters. The van der Waals surface area contributed by atoms with Crippen molar-refractivity contribution in [3.05, 3.63) is 25.3 Å². The third-order valence-corrected chi connectivity index (χ3v) is 2.20. The number of carbonyl (C=O) groups excluding carboxylic acids is 1. The van der Waals surface area contributed by atoms with Crippen molar-refractivity contribution in [3.8, 4) is 0 Å². The average molecular weight is 196 g/mol. The molecule has 0 heterocycles. The van der Waals surface area contributed by atoms with Crippen LogP contribution in [0.2, 0.25) is 0 Å². The van der Waals surface area contributed by atoms with Gasteiger partial charge in [-0.2, -0.15) is 0 Å². The Balaban J connectivity index is 3.78. The van der Waals surface area contributed by atoms with Gasteiger partial charge in [-0.05, 0) is 25.7 Å². The fraction of sp³-hybridized carbons (Fsp3) is 0.583. The summed E-state index contributed by atoms with van der Waals surface area (Å²) in [6, 6.07) is 0. The molecule has 2 heteroatoms. The molecule has 80 valence electrons. The van der Waals surface area contributed by atoms with Crippen molar-refractivity contribution in [1.82, 2.24) is 0 Å². The van der Waals surface area contributed by atoms with E-state index in [0.29, 0.717) is 6.42 Å². The molecule has 0 aliphatic heterocycles. The molecule has 0 spiro atoms. The number of unbranched alkanes of at least 4 members (excludes halogenated alkanes) is 2. The van der Waals surface area contributed by atoms with Crippen LogP contribution >= 0.6 is 0 Å². The van der Waals surface area contributed by atoms with Crippen LogP contribution in [0, 0.1) is 5.92 Å². The standard InChI is InChI=1S/C12H20O2/c1-4-6-7-8-10-11(9-5-2)12(13)14-3/h4-5,11H,1-2,6-10H2,3H3. The van der Waals surface area contributed by atoms with E-state index in [1.54, 1.807) is 6.08 Å². The van der Waals surface area contributed by atoms with Gasteiger partial charge < -0.3 is 4.74 Å². The topological polar surface area (TPSA) is 26.3 Å². The number of ether oxygens (including phenoxy) is 1. The van der Waals surface area contributed by atoms with Crippen molar-refractivity contribution in [2.24, 2.45) is 5.92 Å². The Morgan fingerprint density at radius 3 is 2.57 bits per heavy atom. The Hall–Kier alpha value is -1.05. The maximum absolute atomic E-state index is 11.3. The number of rotatable bonds is 8. The molecule has 0 saturated heterocycles. The van der Waals surface area contributed by atoms with Crippen LogP contribution in [-0.2, 0) is 9.53 Å². The lowest BCUT2D eigenvalue weighted by molar-refractivity contribution is -0.145. The zero-order chi connectivity index (χ0) is 10.8. The number of hydrogen-bond donors (Lipinski definition) is 0. The molecule has 0 aliphatic carbocycles. The minimum Gasteiger partial charge on any atom is -0.469 e. The minimum atomic E-state index is -0.122. The van der Waals surface area contributed by atoms with Crippen LogP contribution in [0.1, 0.15) is 32.1 Å². The van der Waals surface area contributed by atoms with E-state index >= 15 is 0 Å². The van der Waals surface area contributed by atoms with Gasteiger partial charge in [0.25, 0.3) is 0 Å². The summed E-state index contributed by atoms with van der Waals surface area (Å²) in [5.41, 5.74) is 0. The van der Waals surface area contributed by atoms with Gasteiger partial charge in [-0.25, -0.2) is 0 Å². The molecule has 1 atom stereocenters. The van der Waals surface area contributed by atoms with Crippen LogP contribution in [0.5, 0.6) is 0 Å². The SMILES string of the molecule is C=CCCCCC(CC=C)C(=O)OC. The molecule has 0 aromatic carbocycles. The number of carbonyl (C=O) groups is 1. The van der Waals surface area contributed by atoms with Gasteiger partial charge >= 0.3 is 5.97 Å². The maximum Gasteiger partial charge on any atom is 0.308 e. The van der Waals surface area contributed by atoms with Crippen molar-refractivity contribution in [2.75, 3.05) is 7.11 Å². The van der Waals surface area contributed by atoms with Crippen molar-refractivity contribution in [2.45, 2.75) is 32.1 Å². The van der Waals surface area contributed by atoms with Crippen LogP contribution in [-0.4, -0.2) is 13.1 Å². The van der Waals surface area contributed by atoms with Gasteiger partial charge in [0.15, 0.2) is 0 Å². The highest BCUT2D eigenvalue weighted by molar-refractivity contribution is 5.72. The summed E-state index contributed by atoms with van der Waals surface area (Å²) in [7, 11) is 1.43. The van der Waals surface area contributed by atoms with Gasteiger partial charge in [0.05, 0.1) is 13.0 Å². The van der Waals surface area contributed by atoms with Gasteiger partial charge in [0.2, 0.25) is 0 Å². The number of methoxy groups -OCH3 is 1. The van der Waals surface area contributed by atoms with E-state index in [-0.39, 0.29) is 11.9 Å². The Morgan fingerprint density at radius 1 is 1.36 bits per heavy atom. The highest BCUT2D eigenvalue weighted by Crippen LogP contribution is 2.15. The van der Waals surface area contributed by atoms with E-state index in [9.17, 15) is 4.79 Å². The molecule has 0 radical (unpaired) electrons. The maximum atomic E-state index is 11.3. The zero-order valence-electron chi connectivity index (χ0n) is 9.00. The summed E-state index contributed by atoms with van der Waals surface area (Å²) >= 11 is 0. The first-order chi connectivity index (χ1) is 6.76. The Kier molecular flexibility index (Phi) is 7.90. The lowest BCUT2D eigenvalue weighted by atomic mass is 9.98. The molecule has 0 fully saturated rings. The second kappa shape index (κ2) is 8.54. The molecule has 0 aromatic rings. The molecule has 0 aromatic heterocycles. The van der Waals surface area contributed by atoms with Gasteiger partial charge in [-0.3, -0.25) is 4.79 Å². The molecule has 0 aliphatic rings. The molecule has 0 N–H and O–H groups in total. The van der Waals surface area contributed by atoms with Crippen LogP contribution in [0.15, 0.2) is 25.3 Å². The first-order valence-corrected chi connectivity index (χ1v) is 5.05. The molecule has 0 bridgehead atoms. The predicted molar refractivity (Wildman–Crippen MR) is 59.0 cm³/mol. The van der Waals surface area contributed by atoms with E-state index in [1.165, 1.54) is 7.11 Å². The zero-order valence-corrected chi connectivity index (χ0v) is 9.00. The molecule has 14 heavy (non-hydrogen) atoms. The third-order valence-electron chi connectivity index (χ3n) is 2.20. The fourth-order valence-corrected chi connectivity index (χ4v) is 1.38. The van der Waals surface area contributed by atoms with Crippen molar-refractivity contribution < 1.29 is 9.53 Å². The second-order valence-electron chi connectivity index (χ2n) is 3.32. The Bertz CT molecular complexity index is 185. The Labute approximate surface area is 86.6 Å². The second-order valence-corrected chi connectivity index (χ2v) is 3.32. The number of hydrogen-bond acceptors (Lipinski definition) is 2. The molecular formula is C12H20O2. The highest BCUT2D eigenvalue weighted by Gasteiger charge is 2.16. The van der Waals surface area contributed by atoms with Crippen molar-refractivity contribution in [1.29, 1.82) is 0 Å². The number of allylic oxidation sites excluding steroid dienone is 2. The smallest absolute Gasteiger partial charge is 0.308 e. The third kappa shape index (κ3) is 5.57. The first kappa shape index (κ1) is 12.9. The number of esters is 1. The van der Waals surface area contributed by atoms with Gasteiger partial charge in [-0.15, -0.1) is 13.2 Å². The lowest BCUT2D eigenvalue weighted by Crippen LogP contribution is -2.15. The van der Waals surface area contributed by atoms with Gasteiger partial charge in [0, 0.05) is 0 Å². The monoisotopic (exact) mass is 196 g/mol. The summed E-state index contributed by atoms with van der Waals surface area (Å²) in [6.45, 7) is 7.29. The lowest BCUT2D eigenvalue weighted by Gasteiger charge is -2.11. The summed E-state index contributed by atoms with van der Waals surface area (Å²) in [5.74, 6) is -0.134. The van der Waals surface area contributed by atoms with Gasteiger partial charge in [0.1, 0.15) is 0 Å². The normalized spacial score (nSPS) is 11.8. The van der Waals surface area contributed by atoms with E-state index in [0.717, 1.165) is 25.7 Å². The van der Waals surface area contributed by atoms with E-state index in [1.807, 2.05) is 6.08 Å². The van der Waals surface area contributed by atoms with Crippen LogP contribution in [0.25, 0.3) is 0 Å². The van der Waals surface area contributed by atoms with Crippen molar-refractivity contribution in [3.63, 3.8) is 0 Å². The predicted octanol–water partition coefficient (Wildman–Crippen LogP) is 3.10. The summed E-state index contributed by atoms with van der Waals surface area (Å²) in [5, 5.41) is 0. The molecule has 0 rings (SSSR count). The average Bonchev–Trinajstić information content (AvgIpc) is 2.21. The minimum absolute atomic E-state index is 0.0117. The largest absolute Gasteiger partial charge is 0.469 e. The molecule has 0 saturated carbocycles. The van der Waals surface area contributed by atoms with Crippen LogP contribution < -0.4 is 0 Å². The van der Waals surface area contributed by atoms with Crippen LogP contribution in [0.4, 0.5) is 0 Å². The summed E-state index contributed by atoms with van der Waals surface area (Å²) in [4.78, 5) is 11.3.